The van der Waals surface area contributed by atoms with Crippen LogP contribution in [-0.4, -0.2) is 37.2 Å². The summed E-state index contributed by atoms with van der Waals surface area (Å²) >= 11 is 0. The van der Waals surface area contributed by atoms with E-state index in [-0.39, 0.29) is 31.1 Å². The molecule has 6 nitrogen and oxygen atoms in total. The summed E-state index contributed by atoms with van der Waals surface area (Å²) in [5.74, 6) is -0.908. The molecule has 470 valence electrons. The van der Waals surface area contributed by atoms with Crippen LogP contribution in [-0.2, 0) is 28.6 Å². The summed E-state index contributed by atoms with van der Waals surface area (Å²) in [6.07, 6.45) is 90.9. The molecule has 0 radical (unpaired) electrons. The molecule has 0 N–H and O–H groups in total. The lowest BCUT2D eigenvalue weighted by Gasteiger charge is -2.18. The van der Waals surface area contributed by atoms with E-state index in [9.17, 15) is 14.4 Å². The highest BCUT2D eigenvalue weighted by molar-refractivity contribution is 5.71. The highest BCUT2D eigenvalue weighted by atomic mass is 16.6. The SMILES string of the molecule is CC/C=C\C/C=C\C/C=C\C/C=C\CCCCCCC(=O)OC(COC(=O)CCCCCCC/C=C\C/C=C\CCCCC)COC(=O)CCCCCCCCCCCCCCCCCCCCCCCCCCCCCCCCC. The Morgan fingerprint density at radius 1 is 0.259 bits per heavy atom. The van der Waals surface area contributed by atoms with Crippen molar-refractivity contribution in [2.24, 2.45) is 0 Å². The third-order valence-electron chi connectivity index (χ3n) is 15.7. The summed E-state index contributed by atoms with van der Waals surface area (Å²) in [7, 11) is 0. The van der Waals surface area contributed by atoms with Crippen LogP contribution in [0.4, 0.5) is 0 Å². The Labute approximate surface area is 503 Å². The number of carbonyl (C=O) groups is 3. The molecule has 0 aliphatic heterocycles. The van der Waals surface area contributed by atoms with Crippen molar-refractivity contribution in [3.8, 4) is 0 Å². The van der Waals surface area contributed by atoms with Gasteiger partial charge in [-0.1, -0.05) is 331 Å². The highest BCUT2D eigenvalue weighted by Crippen LogP contribution is 2.18. The van der Waals surface area contributed by atoms with Crippen LogP contribution in [0.5, 0.6) is 0 Å². The molecule has 0 bridgehead atoms. The summed E-state index contributed by atoms with van der Waals surface area (Å²) in [5, 5.41) is 0. The molecule has 0 saturated heterocycles. The number of unbranched alkanes of at least 4 members (excludes halogenated alkanes) is 42. The maximum Gasteiger partial charge on any atom is 0.306 e. The first kappa shape index (κ1) is 77.9. The van der Waals surface area contributed by atoms with E-state index in [0.29, 0.717) is 19.3 Å². The van der Waals surface area contributed by atoms with Crippen LogP contribution in [0.1, 0.15) is 367 Å². The fourth-order valence-corrected chi connectivity index (χ4v) is 10.4. The molecule has 0 aromatic heterocycles. The summed E-state index contributed by atoms with van der Waals surface area (Å²) in [6, 6.07) is 0. The fraction of sp³-hybridized carbons (Fsp3) is 0.800. The Morgan fingerprint density at radius 2 is 0.481 bits per heavy atom. The molecule has 0 fully saturated rings. The van der Waals surface area contributed by atoms with Crippen LogP contribution in [0.3, 0.4) is 0 Å². The number of rotatable bonds is 65. The van der Waals surface area contributed by atoms with E-state index < -0.39 is 6.10 Å². The van der Waals surface area contributed by atoms with Crippen LogP contribution in [0, 0.1) is 0 Å². The van der Waals surface area contributed by atoms with Crippen LogP contribution < -0.4 is 0 Å². The first-order valence-electron chi connectivity index (χ1n) is 35.4. The molecule has 6 heteroatoms. The maximum absolute atomic E-state index is 12.9. The van der Waals surface area contributed by atoms with Gasteiger partial charge in [-0.25, -0.2) is 0 Å². The van der Waals surface area contributed by atoms with E-state index in [0.717, 1.165) is 116 Å². The van der Waals surface area contributed by atoms with Crippen molar-refractivity contribution in [1.29, 1.82) is 0 Å². The molecular weight excluding hydrogens is 997 g/mol. The van der Waals surface area contributed by atoms with Crippen LogP contribution >= 0.6 is 0 Å². The second-order valence-corrected chi connectivity index (χ2v) is 23.8. The van der Waals surface area contributed by atoms with E-state index in [2.05, 4.69) is 93.7 Å². The van der Waals surface area contributed by atoms with Crippen LogP contribution in [0.25, 0.3) is 0 Å². The lowest BCUT2D eigenvalue weighted by atomic mass is 10.0. The molecule has 0 rings (SSSR count). The predicted molar refractivity (Wildman–Crippen MR) is 353 cm³/mol. The van der Waals surface area contributed by atoms with Crippen molar-refractivity contribution in [2.45, 2.75) is 374 Å². The highest BCUT2D eigenvalue weighted by Gasteiger charge is 2.19. The van der Waals surface area contributed by atoms with Gasteiger partial charge in [0.2, 0.25) is 0 Å². The van der Waals surface area contributed by atoms with Gasteiger partial charge in [0.15, 0.2) is 6.10 Å². The number of allylic oxidation sites excluding steroid dienone is 12. The fourth-order valence-electron chi connectivity index (χ4n) is 10.4. The van der Waals surface area contributed by atoms with Gasteiger partial charge < -0.3 is 14.2 Å². The number of ether oxygens (including phenoxy) is 3. The average Bonchev–Trinajstić information content (AvgIpc) is 3.47. The monoisotopic (exact) mass is 1130 g/mol. The summed E-state index contributed by atoms with van der Waals surface area (Å²) in [5.41, 5.74) is 0. The maximum atomic E-state index is 12.9. The number of carbonyl (C=O) groups excluding carboxylic acids is 3. The quantitative estimate of drug-likeness (QED) is 0.0261. The van der Waals surface area contributed by atoms with Gasteiger partial charge in [-0.05, 0) is 89.9 Å². The first-order chi connectivity index (χ1) is 40.0. The Kier molecular flexibility index (Phi) is 66.6. The summed E-state index contributed by atoms with van der Waals surface area (Å²) in [6.45, 7) is 6.52. The summed E-state index contributed by atoms with van der Waals surface area (Å²) in [4.78, 5) is 38.4. The Morgan fingerprint density at radius 3 is 0.778 bits per heavy atom. The van der Waals surface area contributed by atoms with Crippen molar-refractivity contribution >= 4 is 17.9 Å². The molecule has 0 aliphatic carbocycles. The van der Waals surface area contributed by atoms with E-state index in [1.807, 2.05) is 0 Å². The lowest BCUT2D eigenvalue weighted by molar-refractivity contribution is -0.167. The topological polar surface area (TPSA) is 78.9 Å². The van der Waals surface area contributed by atoms with Gasteiger partial charge in [-0.15, -0.1) is 0 Å². The predicted octanol–water partition coefficient (Wildman–Crippen LogP) is 24.4. The number of hydrogen-bond donors (Lipinski definition) is 0. The van der Waals surface area contributed by atoms with Crippen molar-refractivity contribution in [1.82, 2.24) is 0 Å². The Balaban J connectivity index is 4.21. The van der Waals surface area contributed by atoms with Crippen LogP contribution in [0.15, 0.2) is 72.9 Å². The Hall–Kier alpha value is -3.15. The van der Waals surface area contributed by atoms with E-state index >= 15 is 0 Å². The third-order valence-corrected chi connectivity index (χ3v) is 15.7. The average molecular weight is 1130 g/mol. The second-order valence-electron chi connectivity index (χ2n) is 23.8. The van der Waals surface area contributed by atoms with Gasteiger partial charge in [-0.2, -0.15) is 0 Å². The van der Waals surface area contributed by atoms with Gasteiger partial charge in [-0.3, -0.25) is 14.4 Å². The standard InChI is InChI=1S/C75H134O6/c1-4-7-10-13-16-19-22-25-28-30-31-32-33-34-35-36-37-38-39-40-41-42-43-45-47-50-53-56-59-62-65-68-74(77)80-71-72(70-79-73(76)67-64-61-58-55-52-49-46-27-24-21-18-15-12-9-6-3)81-75(78)69-66-63-60-57-54-51-48-44-29-26-23-20-17-14-11-8-5-2/h8,11,17-18,20-21,26-27,29,46,48,51,72H,4-7,9-10,12-16,19,22-25,28,30-45,47,49-50,52-71H2,1-3H3/b11-8-,20-17-,21-18-,29-26-,46-27-,51-48-. The minimum atomic E-state index is -0.795. The van der Waals surface area contributed by atoms with Gasteiger partial charge in [0.1, 0.15) is 13.2 Å². The molecule has 0 aromatic carbocycles. The van der Waals surface area contributed by atoms with Crippen molar-refractivity contribution < 1.29 is 28.6 Å². The lowest BCUT2D eigenvalue weighted by Crippen LogP contribution is -2.30. The molecule has 0 spiro atoms. The van der Waals surface area contributed by atoms with Crippen molar-refractivity contribution in [3.05, 3.63) is 72.9 Å². The molecule has 0 aliphatic rings. The zero-order valence-corrected chi connectivity index (χ0v) is 54.1. The molecular formula is C75H134O6. The van der Waals surface area contributed by atoms with E-state index in [4.69, 9.17) is 14.2 Å². The van der Waals surface area contributed by atoms with Gasteiger partial charge in [0.25, 0.3) is 0 Å². The van der Waals surface area contributed by atoms with Crippen molar-refractivity contribution in [3.63, 3.8) is 0 Å². The van der Waals surface area contributed by atoms with Gasteiger partial charge >= 0.3 is 17.9 Å². The second kappa shape index (κ2) is 69.3. The number of esters is 3. The first-order valence-corrected chi connectivity index (χ1v) is 35.4. The molecule has 0 amide bonds. The molecule has 1 unspecified atom stereocenters. The summed E-state index contributed by atoms with van der Waals surface area (Å²) < 4.78 is 16.9. The molecule has 1 atom stereocenters. The smallest absolute Gasteiger partial charge is 0.306 e. The zero-order chi connectivity index (χ0) is 58.5. The molecule has 0 heterocycles. The number of hydrogen-bond acceptors (Lipinski definition) is 6. The third kappa shape index (κ3) is 67.5. The molecule has 0 aromatic rings. The molecule has 81 heavy (non-hydrogen) atoms. The largest absolute Gasteiger partial charge is 0.462 e. The molecule has 0 saturated carbocycles. The van der Waals surface area contributed by atoms with Gasteiger partial charge in [0.05, 0.1) is 0 Å². The van der Waals surface area contributed by atoms with E-state index in [1.165, 1.54) is 212 Å². The van der Waals surface area contributed by atoms with Crippen LogP contribution in [0.2, 0.25) is 0 Å². The van der Waals surface area contributed by atoms with Gasteiger partial charge in [0, 0.05) is 19.3 Å². The zero-order valence-electron chi connectivity index (χ0n) is 54.1. The Bertz CT molecular complexity index is 1490. The van der Waals surface area contributed by atoms with Crippen molar-refractivity contribution in [2.75, 3.05) is 13.2 Å². The minimum Gasteiger partial charge on any atom is -0.462 e. The normalized spacial score (nSPS) is 12.5. The van der Waals surface area contributed by atoms with E-state index in [1.54, 1.807) is 0 Å². The minimum absolute atomic E-state index is 0.0873.